The number of rotatable bonds is 2. The van der Waals surface area contributed by atoms with Crippen LogP contribution in [-0.4, -0.2) is 35.4 Å². The van der Waals surface area contributed by atoms with Crippen molar-refractivity contribution in [3.05, 3.63) is 35.9 Å². The predicted octanol–water partition coefficient (Wildman–Crippen LogP) is 0.728. The Morgan fingerprint density at radius 3 is 3.05 bits per heavy atom. The Labute approximate surface area is 112 Å². The number of nitrogens with two attached hydrogens (primary N) is 1. The first kappa shape index (κ1) is 10.9. The van der Waals surface area contributed by atoms with Gasteiger partial charge in [0.2, 0.25) is 0 Å². The number of para-hydroxylation sites is 1. The molecule has 4 rings (SSSR count). The van der Waals surface area contributed by atoms with E-state index in [1.54, 1.807) is 10.7 Å². The summed E-state index contributed by atoms with van der Waals surface area (Å²) in [6.07, 6.45) is 0. The van der Waals surface area contributed by atoms with Crippen molar-refractivity contribution in [3.8, 4) is 0 Å². The minimum atomic E-state index is 0.419. The van der Waals surface area contributed by atoms with Gasteiger partial charge in [-0.15, -0.1) is 10.2 Å². The SMILES string of the molecule is Nc1cc(Cn2nnc3ccccc32)c2nn[nH]c2n1. The molecular weight excluding hydrogens is 256 g/mol. The first-order chi connectivity index (χ1) is 9.81. The van der Waals surface area contributed by atoms with E-state index in [0.717, 1.165) is 16.6 Å². The molecule has 0 bridgehead atoms. The van der Waals surface area contributed by atoms with E-state index in [-0.39, 0.29) is 0 Å². The molecule has 20 heavy (non-hydrogen) atoms. The summed E-state index contributed by atoms with van der Waals surface area (Å²) < 4.78 is 1.80. The van der Waals surface area contributed by atoms with E-state index < -0.39 is 0 Å². The van der Waals surface area contributed by atoms with Crippen molar-refractivity contribution in [2.75, 3.05) is 5.73 Å². The van der Waals surface area contributed by atoms with Crippen LogP contribution in [0.25, 0.3) is 22.2 Å². The normalized spacial score (nSPS) is 11.4. The number of aromatic nitrogens is 7. The van der Waals surface area contributed by atoms with Crippen LogP contribution in [0.2, 0.25) is 0 Å². The molecule has 4 aromatic rings. The van der Waals surface area contributed by atoms with Crippen LogP contribution in [-0.2, 0) is 6.54 Å². The van der Waals surface area contributed by atoms with Gasteiger partial charge in [-0.3, -0.25) is 0 Å². The minimum Gasteiger partial charge on any atom is -0.384 e. The molecule has 8 nitrogen and oxygen atoms in total. The number of pyridine rings is 1. The molecule has 0 radical (unpaired) electrons. The Balaban J connectivity index is 1.86. The number of H-pyrrole nitrogens is 1. The summed E-state index contributed by atoms with van der Waals surface area (Å²) in [6.45, 7) is 0.510. The number of nitrogens with zero attached hydrogens (tertiary/aromatic N) is 6. The number of benzene rings is 1. The van der Waals surface area contributed by atoms with E-state index in [2.05, 4.69) is 30.7 Å². The highest BCUT2D eigenvalue weighted by Gasteiger charge is 2.11. The molecule has 0 aliphatic carbocycles. The van der Waals surface area contributed by atoms with Crippen LogP contribution in [0.1, 0.15) is 5.56 Å². The predicted molar refractivity (Wildman–Crippen MR) is 72.7 cm³/mol. The molecule has 1 aromatic carbocycles. The van der Waals surface area contributed by atoms with Gasteiger partial charge < -0.3 is 5.73 Å². The van der Waals surface area contributed by atoms with E-state index in [0.29, 0.717) is 23.5 Å². The van der Waals surface area contributed by atoms with Crippen molar-refractivity contribution in [2.24, 2.45) is 0 Å². The zero-order chi connectivity index (χ0) is 13.5. The molecule has 3 N–H and O–H groups in total. The van der Waals surface area contributed by atoms with Crippen molar-refractivity contribution >= 4 is 28.0 Å². The Kier molecular flexibility index (Phi) is 2.16. The first-order valence-electron chi connectivity index (χ1n) is 6.05. The van der Waals surface area contributed by atoms with Crippen LogP contribution in [0.4, 0.5) is 5.82 Å². The number of nitrogen functional groups attached to an aromatic ring is 1. The maximum absolute atomic E-state index is 5.79. The van der Waals surface area contributed by atoms with Crippen LogP contribution in [0.15, 0.2) is 30.3 Å². The lowest BCUT2D eigenvalue weighted by atomic mass is 10.2. The molecule has 0 aliphatic heterocycles. The van der Waals surface area contributed by atoms with Gasteiger partial charge in [0.05, 0.1) is 12.1 Å². The lowest BCUT2D eigenvalue weighted by Crippen LogP contribution is -2.04. The number of hydrogen-bond acceptors (Lipinski definition) is 6. The van der Waals surface area contributed by atoms with Crippen LogP contribution in [0.5, 0.6) is 0 Å². The standard InChI is InChI=1S/C12H10N8/c13-10-5-7(11-12(14-10)17-18-16-11)6-20-9-4-2-1-3-8(9)15-19-20/h1-5H,6H2,(H3,13,14,16,17,18). The summed E-state index contributed by atoms with van der Waals surface area (Å²) in [5.41, 5.74) is 9.77. The summed E-state index contributed by atoms with van der Waals surface area (Å²) in [5, 5.41) is 18.8. The quantitative estimate of drug-likeness (QED) is 0.553. The molecule has 0 spiro atoms. The monoisotopic (exact) mass is 266 g/mol. The van der Waals surface area contributed by atoms with E-state index >= 15 is 0 Å². The Morgan fingerprint density at radius 1 is 1.20 bits per heavy atom. The van der Waals surface area contributed by atoms with E-state index in [9.17, 15) is 0 Å². The second kappa shape index (κ2) is 3.98. The number of anilines is 1. The molecule has 98 valence electrons. The van der Waals surface area contributed by atoms with E-state index in [4.69, 9.17) is 5.73 Å². The highest BCUT2D eigenvalue weighted by molar-refractivity contribution is 5.77. The summed E-state index contributed by atoms with van der Waals surface area (Å²) >= 11 is 0. The minimum absolute atomic E-state index is 0.419. The van der Waals surface area contributed by atoms with E-state index in [1.807, 2.05) is 24.3 Å². The number of hydrogen-bond donors (Lipinski definition) is 2. The molecule has 3 aromatic heterocycles. The van der Waals surface area contributed by atoms with Gasteiger partial charge in [-0.1, -0.05) is 22.6 Å². The summed E-state index contributed by atoms with van der Waals surface area (Å²) in [5.74, 6) is 0.419. The molecular formula is C12H10N8. The Hall–Kier alpha value is -3.03. The summed E-state index contributed by atoms with van der Waals surface area (Å²) in [6, 6.07) is 9.56. The van der Waals surface area contributed by atoms with E-state index in [1.165, 1.54) is 0 Å². The fraction of sp³-hybridized carbons (Fsp3) is 0.0833. The maximum atomic E-state index is 5.79. The third-order valence-corrected chi connectivity index (χ3v) is 3.14. The average molecular weight is 266 g/mol. The van der Waals surface area contributed by atoms with Gasteiger partial charge in [-0.25, -0.2) is 14.8 Å². The van der Waals surface area contributed by atoms with Crippen LogP contribution in [0, 0.1) is 0 Å². The van der Waals surface area contributed by atoms with Gasteiger partial charge in [-0.2, -0.15) is 0 Å². The summed E-state index contributed by atoms with van der Waals surface area (Å²) in [4.78, 5) is 4.14. The third kappa shape index (κ3) is 1.58. The second-order valence-corrected chi connectivity index (χ2v) is 4.45. The highest BCUT2D eigenvalue weighted by atomic mass is 15.4. The van der Waals surface area contributed by atoms with Crippen molar-refractivity contribution in [3.63, 3.8) is 0 Å². The van der Waals surface area contributed by atoms with Gasteiger partial charge in [-0.05, 0) is 18.2 Å². The molecule has 8 heteroatoms. The van der Waals surface area contributed by atoms with Crippen molar-refractivity contribution in [1.82, 2.24) is 35.4 Å². The largest absolute Gasteiger partial charge is 0.384 e. The number of fused-ring (bicyclic) bond motifs is 2. The van der Waals surface area contributed by atoms with Crippen LogP contribution in [0.3, 0.4) is 0 Å². The Bertz CT molecular complexity index is 906. The molecule has 0 aliphatic rings. The topological polar surface area (TPSA) is 111 Å². The lowest BCUT2D eigenvalue weighted by molar-refractivity contribution is 0.671. The second-order valence-electron chi connectivity index (χ2n) is 4.45. The molecule has 0 amide bonds. The first-order valence-corrected chi connectivity index (χ1v) is 6.05. The number of nitrogens with one attached hydrogen (secondary N) is 1. The molecule has 3 heterocycles. The third-order valence-electron chi connectivity index (χ3n) is 3.14. The molecule has 0 saturated heterocycles. The fourth-order valence-electron chi connectivity index (χ4n) is 2.24. The summed E-state index contributed by atoms with van der Waals surface area (Å²) in [7, 11) is 0. The maximum Gasteiger partial charge on any atom is 0.178 e. The lowest BCUT2D eigenvalue weighted by Gasteiger charge is -2.04. The van der Waals surface area contributed by atoms with Gasteiger partial charge in [0, 0.05) is 5.56 Å². The molecule has 0 atom stereocenters. The molecule has 0 unspecified atom stereocenters. The average Bonchev–Trinajstić information content (AvgIpc) is 3.06. The zero-order valence-corrected chi connectivity index (χ0v) is 10.4. The van der Waals surface area contributed by atoms with Gasteiger partial charge in [0.15, 0.2) is 5.65 Å². The fourth-order valence-corrected chi connectivity index (χ4v) is 2.24. The highest BCUT2D eigenvalue weighted by Crippen LogP contribution is 2.18. The van der Waals surface area contributed by atoms with Crippen molar-refractivity contribution in [1.29, 1.82) is 0 Å². The van der Waals surface area contributed by atoms with Gasteiger partial charge in [0.1, 0.15) is 16.9 Å². The van der Waals surface area contributed by atoms with Crippen LogP contribution >= 0.6 is 0 Å². The van der Waals surface area contributed by atoms with Gasteiger partial charge in [0.25, 0.3) is 0 Å². The zero-order valence-electron chi connectivity index (χ0n) is 10.4. The number of aromatic amines is 1. The Morgan fingerprint density at radius 2 is 2.10 bits per heavy atom. The van der Waals surface area contributed by atoms with Crippen molar-refractivity contribution < 1.29 is 0 Å². The van der Waals surface area contributed by atoms with Gasteiger partial charge >= 0.3 is 0 Å². The molecule has 0 saturated carbocycles. The molecule has 0 fully saturated rings. The smallest absolute Gasteiger partial charge is 0.178 e. The van der Waals surface area contributed by atoms with Crippen molar-refractivity contribution in [2.45, 2.75) is 6.54 Å². The van der Waals surface area contributed by atoms with Crippen LogP contribution < -0.4 is 5.73 Å².